The lowest BCUT2D eigenvalue weighted by molar-refractivity contribution is -0.0630. The van der Waals surface area contributed by atoms with Crippen LogP contribution in [0.4, 0.5) is 0 Å². The van der Waals surface area contributed by atoms with Crippen LogP contribution in [0.3, 0.4) is 0 Å². The van der Waals surface area contributed by atoms with E-state index in [0.717, 1.165) is 22.6 Å². The Labute approximate surface area is 152 Å². The molecule has 0 saturated carbocycles. The van der Waals surface area contributed by atoms with Crippen molar-refractivity contribution in [2.45, 2.75) is 18.0 Å². The third-order valence-electron chi connectivity index (χ3n) is 5.17. The number of methoxy groups -OCH3 is 2. The number of fused-ring (bicyclic) bond motifs is 1. The molecule has 2 atom stereocenters. The molecule has 2 heterocycles. The van der Waals surface area contributed by atoms with Crippen LogP contribution in [-0.4, -0.2) is 49.6 Å². The third kappa shape index (κ3) is 2.75. The molecule has 2 aliphatic rings. The molecule has 2 aromatic carbocycles. The molecule has 0 aliphatic carbocycles. The largest absolute Gasteiger partial charge is 0.497 e. The van der Waals surface area contributed by atoms with E-state index in [1.165, 1.54) is 0 Å². The van der Waals surface area contributed by atoms with Gasteiger partial charge >= 0.3 is 0 Å². The van der Waals surface area contributed by atoms with Gasteiger partial charge < -0.3 is 24.1 Å². The molecular formula is C20H23NO5. The van der Waals surface area contributed by atoms with Gasteiger partial charge in [0.05, 0.1) is 39.6 Å². The molecule has 26 heavy (non-hydrogen) atoms. The summed E-state index contributed by atoms with van der Waals surface area (Å²) in [5.41, 5.74) is 1.48. The predicted molar refractivity (Wildman–Crippen MR) is 95.0 cm³/mol. The Morgan fingerprint density at radius 1 is 0.885 bits per heavy atom. The normalized spacial score (nSPS) is 28.1. The fraction of sp³-hybridized carbons (Fsp3) is 0.400. The van der Waals surface area contributed by atoms with Crippen LogP contribution in [0.15, 0.2) is 48.5 Å². The molecule has 0 spiro atoms. The van der Waals surface area contributed by atoms with E-state index in [1.54, 1.807) is 14.2 Å². The highest BCUT2D eigenvalue weighted by Crippen LogP contribution is 2.49. The Bertz CT molecular complexity index is 686. The molecule has 6 nitrogen and oxygen atoms in total. The molecule has 0 radical (unpaired) electrons. The molecule has 6 heteroatoms. The van der Waals surface area contributed by atoms with E-state index >= 15 is 0 Å². The molecule has 0 amide bonds. The third-order valence-corrected chi connectivity index (χ3v) is 5.17. The molecule has 4 rings (SSSR count). The molecular weight excluding hydrogens is 334 g/mol. The first-order valence-electron chi connectivity index (χ1n) is 8.61. The summed E-state index contributed by atoms with van der Waals surface area (Å²) in [7, 11) is 3.29. The van der Waals surface area contributed by atoms with E-state index in [2.05, 4.69) is 4.90 Å². The zero-order valence-electron chi connectivity index (χ0n) is 14.9. The van der Waals surface area contributed by atoms with Crippen molar-refractivity contribution in [3.63, 3.8) is 0 Å². The van der Waals surface area contributed by atoms with Crippen molar-refractivity contribution in [1.29, 1.82) is 0 Å². The van der Waals surface area contributed by atoms with Gasteiger partial charge in [0, 0.05) is 0 Å². The molecule has 2 unspecified atom stereocenters. The quantitative estimate of drug-likeness (QED) is 0.887. The summed E-state index contributed by atoms with van der Waals surface area (Å²) >= 11 is 0. The van der Waals surface area contributed by atoms with Crippen LogP contribution in [0.1, 0.15) is 23.6 Å². The van der Waals surface area contributed by atoms with Crippen molar-refractivity contribution >= 4 is 0 Å². The van der Waals surface area contributed by atoms with Crippen LogP contribution in [0.25, 0.3) is 0 Å². The van der Waals surface area contributed by atoms with Gasteiger partial charge in [0.1, 0.15) is 24.0 Å². The van der Waals surface area contributed by atoms with Gasteiger partial charge in [-0.05, 0) is 35.4 Å². The van der Waals surface area contributed by atoms with E-state index in [-0.39, 0.29) is 19.1 Å². The number of hydrogen-bond acceptors (Lipinski definition) is 6. The lowest BCUT2D eigenvalue weighted by Gasteiger charge is -2.33. The van der Waals surface area contributed by atoms with Gasteiger partial charge in [0.2, 0.25) is 0 Å². The van der Waals surface area contributed by atoms with Crippen LogP contribution < -0.4 is 9.47 Å². The summed E-state index contributed by atoms with van der Waals surface area (Å²) in [4.78, 5) is 2.14. The molecule has 2 aromatic rings. The van der Waals surface area contributed by atoms with E-state index in [9.17, 15) is 5.11 Å². The minimum Gasteiger partial charge on any atom is -0.497 e. The number of rotatable bonds is 5. The van der Waals surface area contributed by atoms with Crippen LogP contribution in [0, 0.1) is 0 Å². The van der Waals surface area contributed by atoms with Gasteiger partial charge in [-0.25, -0.2) is 4.90 Å². The van der Waals surface area contributed by atoms with Crippen molar-refractivity contribution in [2.24, 2.45) is 0 Å². The smallest absolute Gasteiger partial charge is 0.139 e. The van der Waals surface area contributed by atoms with E-state index in [0.29, 0.717) is 13.2 Å². The lowest BCUT2D eigenvalue weighted by atomic mass is 10.0. The summed E-state index contributed by atoms with van der Waals surface area (Å²) in [5.74, 6) is 1.59. The van der Waals surface area contributed by atoms with Crippen molar-refractivity contribution in [1.82, 2.24) is 4.90 Å². The van der Waals surface area contributed by atoms with Gasteiger partial charge in [-0.2, -0.15) is 0 Å². The second kappa shape index (κ2) is 6.89. The zero-order chi connectivity index (χ0) is 18.1. The van der Waals surface area contributed by atoms with E-state index in [1.807, 2.05) is 48.5 Å². The minimum absolute atomic E-state index is 0.0215. The number of ether oxygens (including phenoxy) is 4. The minimum atomic E-state index is -0.533. The SMILES string of the molecule is COc1ccc(C2OCC3(CO)COC(c4ccc(OC)cc4)N23)cc1. The first-order valence-corrected chi connectivity index (χ1v) is 8.61. The molecule has 138 valence electrons. The van der Waals surface area contributed by atoms with Crippen LogP contribution >= 0.6 is 0 Å². The number of aliphatic hydroxyl groups excluding tert-OH is 1. The second-order valence-electron chi connectivity index (χ2n) is 6.66. The summed E-state index contributed by atoms with van der Waals surface area (Å²) in [6, 6.07) is 15.6. The average Bonchev–Trinajstić information content (AvgIpc) is 3.26. The Hall–Kier alpha value is -2.12. The maximum atomic E-state index is 10.1. The van der Waals surface area contributed by atoms with Crippen molar-refractivity contribution in [2.75, 3.05) is 34.0 Å². The Morgan fingerprint density at radius 3 is 1.65 bits per heavy atom. The van der Waals surface area contributed by atoms with Crippen molar-refractivity contribution in [3.05, 3.63) is 59.7 Å². The van der Waals surface area contributed by atoms with E-state index < -0.39 is 5.54 Å². The molecule has 2 saturated heterocycles. The zero-order valence-corrected chi connectivity index (χ0v) is 14.9. The molecule has 0 aromatic heterocycles. The lowest BCUT2D eigenvalue weighted by Crippen LogP contribution is -2.47. The first kappa shape index (κ1) is 17.3. The maximum absolute atomic E-state index is 10.1. The molecule has 2 aliphatic heterocycles. The number of hydrogen-bond donors (Lipinski definition) is 1. The molecule has 1 N–H and O–H groups in total. The second-order valence-corrected chi connectivity index (χ2v) is 6.66. The van der Waals surface area contributed by atoms with E-state index in [4.69, 9.17) is 18.9 Å². The predicted octanol–water partition coefficient (Wildman–Crippen LogP) is 2.49. The molecule has 0 bridgehead atoms. The van der Waals surface area contributed by atoms with Crippen LogP contribution in [0.5, 0.6) is 11.5 Å². The van der Waals surface area contributed by atoms with Crippen LogP contribution in [0.2, 0.25) is 0 Å². The van der Waals surface area contributed by atoms with Gasteiger partial charge in [0.15, 0.2) is 0 Å². The van der Waals surface area contributed by atoms with Crippen molar-refractivity contribution in [3.8, 4) is 11.5 Å². The highest BCUT2D eigenvalue weighted by atomic mass is 16.6. The Morgan fingerprint density at radius 2 is 1.31 bits per heavy atom. The first-order chi connectivity index (χ1) is 12.7. The number of benzene rings is 2. The highest BCUT2D eigenvalue weighted by molar-refractivity contribution is 5.32. The summed E-state index contributed by atoms with van der Waals surface area (Å²) in [6.45, 7) is 0.825. The molecule has 2 fully saturated rings. The van der Waals surface area contributed by atoms with Gasteiger partial charge in [0.25, 0.3) is 0 Å². The Balaban J connectivity index is 1.67. The fourth-order valence-electron chi connectivity index (χ4n) is 3.66. The highest BCUT2D eigenvalue weighted by Gasteiger charge is 2.56. The van der Waals surface area contributed by atoms with Crippen molar-refractivity contribution < 1.29 is 24.1 Å². The Kier molecular flexibility index (Phi) is 4.58. The topological polar surface area (TPSA) is 60.4 Å². The monoisotopic (exact) mass is 357 g/mol. The summed E-state index contributed by atoms with van der Waals surface area (Å²) in [5, 5.41) is 10.1. The number of nitrogens with zero attached hydrogens (tertiary/aromatic N) is 1. The fourth-order valence-corrected chi connectivity index (χ4v) is 3.66. The van der Waals surface area contributed by atoms with Gasteiger partial charge in [-0.15, -0.1) is 0 Å². The number of aliphatic hydroxyl groups is 1. The standard InChI is InChI=1S/C20H23NO5/c1-23-16-7-3-14(4-8-16)18-21-19(15-5-9-17(24-2)10-6-15)26-13-20(21,11-22)12-25-18/h3-10,18-19,22H,11-13H2,1-2H3. The summed E-state index contributed by atoms with van der Waals surface area (Å²) < 4.78 is 22.7. The van der Waals surface area contributed by atoms with Gasteiger partial charge in [-0.1, -0.05) is 24.3 Å². The van der Waals surface area contributed by atoms with Gasteiger partial charge in [-0.3, -0.25) is 0 Å². The van der Waals surface area contributed by atoms with Crippen LogP contribution in [-0.2, 0) is 9.47 Å². The maximum Gasteiger partial charge on any atom is 0.139 e. The average molecular weight is 357 g/mol. The summed E-state index contributed by atoms with van der Waals surface area (Å²) in [6.07, 6.45) is -0.578.